The minimum atomic E-state index is -0.277. The lowest BCUT2D eigenvalue weighted by Crippen LogP contribution is -2.51. The van der Waals surface area contributed by atoms with E-state index in [1.807, 2.05) is 0 Å². The summed E-state index contributed by atoms with van der Waals surface area (Å²) in [6, 6.07) is -0.277. The van der Waals surface area contributed by atoms with Crippen molar-refractivity contribution in [2.75, 3.05) is 13.7 Å². The molecule has 2 heterocycles. The molecule has 0 atom stereocenters. The van der Waals surface area contributed by atoms with Gasteiger partial charge in [-0.15, -0.1) is 0 Å². The summed E-state index contributed by atoms with van der Waals surface area (Å²) in [5.74, 6) is 6.00. The Morgan fingerprint density at radius 3 is 3.25 bits per heavy atom. The second-order valence-corrected chi connectivity index (χ2v) is 2.62. The molecule has 0 aromatic rings. The molecule has 64 valence electrons. The molecular formula is C6H9N5O. The number of hydrazine groups is 1. The van der Waals surface area contributed by atoms with Crippen molar-refractivity contribution in [2.45, 2.75) is 0 Å². The van der Waals surface area contributed by atoms with E-state index < -0.39 is 0 Å². The van der Waals surface area contributed by atoms with Gasteiger partial charge in [0.05, 0.1) is 5.70 Å². The van der Waals surface area contributed by atoms with Gasteiger partial charge in [-0.2, -0.15) is 0 Å². The van der Waals surface area contributed by atoms with Crippen LogP contribution in [0.15, 0.2) is 16.9 Å². The summed E-state index contributed by atoms with van der Waals surface area (Å²) in [6.07, 6.45) is 1.68. The first-order chi connectivity index (χ1) is 5.70. The Labute approximate surface area is 69.3 Å². The lowest BCUT2D eigenvalue weighted by molar-refractivity contribution is 0.198. The van der Waals surface area contributed by atoms with Crippen LogP contribution in [0.3, 0.4) is 0 Å². The Morgan fingerprint density at radius 1 is 1.75 bits per heavy atom. The van der Waals surface area contributed by atoms with E-state index in [0.717, 1.165) is 10.7 Å². The Balaban J connectivity index is 2.42. The molecule has 0 spiro atoms. The second-order valence-electron chi connectivity index (χ2n) is 2.62. The van der Waals surface area contributed by atoms with Crippen LogP contribution in [-0.4, -0.2) is 35.5 Å². The number of rotatable bonds is 0. The Kier molecular flexibility index (Phi) is 1.31. The zero-order chi connectivity index (χ0) is 8.72. The van der Waals surface area contributed by atoms with E-state index in [-0.39, 0.29) is 6.03 Å². The first-order valence-electron chi connectivity index (χ1n) is 3.52. The van der Waals surface area contributed by atoms with Gasteiger partial charge in [0, 0.05) is 13.2 Å². The molecular weight excluding hydrogens is 158 g/mol. The minimum Gasteiger partial charge on any atom is -0.362 e. The number of amidine groups is 1. The van der Waals surface area contributed by atoms with Crippen LogP contribution in [0.1, 0.15) is 0 Å². The Bertz CT molecular complexity index is 294. The number of hydrogen-bond acceptors (Lipinski definition) is 4. The number of aliphatic imine (C=N–C) groups is 1. The molecule has 6 heteroatoms. The van der Waals surface area contributed by atoms with Crippen molar-refractivity contribution in [1.29, 1.82) is 0 Å². The molecule has 0 aliphatic carbocycles. The lowest BCUT2D eigenvalue weighted by Gasteiger charge is -2.27. The van der Waals surface area contributed by atoms with Crippen LogP contribution in [0.2, 0.25) is 0 Å². The highest BCUT2D eigenvalue weighted by atomic mass is 16.2. The normalized spacial score (nSPS) is 21.7. The number of hydrogen-bond donors (Lipinski definition) is 2. The molecule has 6 nitrogen and oxygen atoms in total. The topological polar surface area (TPSA) is 74.0 Å². The predicted molar refractivity (Wildman–Crippen MR) is 42.7 cm³/mol. The van der Waals surface area contributed by atoms with Crippen molar-refractivity contribution in [3.8, 4) is 0 Å². The minimum absolute atomic E-state index is 0.277. The third kappa shape index (κ3) is 0.782. The summed E-state index contributed by atoms with van der Waals surface area (Å²) >= 11 is 0. The van der Waals surface area contributed by atoms with Crippen LogP contribution < -0.4 is 11.2 Å². The number of nitrogens with two attached hydrogens (primary N) is 1. The van der Waals surface area contributed by atoms with Gasteiger partial charge < -0.3 is 10.2 Å². The summed E-state index contributed by atoms with van der Waals surface area (Å²) in [4.78, 5) is 16.7. The van der Waals surface area contributed by atoms with Gasteiger partial charge in [0.25, 0.3) is 0 Å². The van der Waals surface area contributed by atoms with Crippen LogP contribution in [-0.2, 0) is 0 Å². The molecule has 0 aromatic heterocycles. The van der Waals surface area contributed by atoms with E-state index in [2.05, 4.69) is 10.3 Å². The van der Waals surface area contributed by atoms with Crippen molar-refractivity contribution in [2.24, 2.45) is 10.8 Å². The standard InChI is InChI=1S/C6H9N5O/c1-10-2-4-5(9-3-8-4)11(7)6(10)12/h2,8H,3,7H2,1H3. The molecule has 3 N–H and O–H groups in total. The summed E-state index contributed by atoms with van der Waals surface area (Å²) in [7, 11) is 1.64. The summed E-state index contributed by atoms with van der Waals surface area (Å²) < 4.78 is 0. The van der Waals surface area contributed by atoms with E-state index in [1.54, 1.807) is 13.2 Å². The molecule has 0 saturated carbocycles. The second kappa shape index (κ2) is 2.21. The molecule has 0 fully saturated rings. The largest absolute Gasteiger partial charge is 0.362 e. The zero-order valence-corrected chi connectivity index (χ0v) is 6.61. The number of nitrogens with zero attached hydrogens (tertiary/aromatic N) is 3. The lowest BCUT2D eigenvalue weighted by atomic mass is 10.3. The molecule has 0 radical (unpaired) electrons. The molecule has 0 saturated heterocycles. The van der Waals surface area contributed by atoms with Crippen LogP contribution in [0.4, 0.5) is 4.79 Å². The maximum Gasteiger partial charge on any atom is 0.344 e. The Morgan fingerprint density at radius 2 is 2.50 bits per heavy atom. The van der Waals surface area contributed by atoms with Gasteiger partial charge in [-0.3, -0.25) is 0 Å². The first-order valence-corrected chi connectivity index (χ1v) is 3.52. The molecule has 0 unspecified atom stereocenters. The summed E-state index contributed by atoms with van der Waals surface area (Å²) in [5.41, 5.74) is 0.791. The van der Waals surface area contributed by atoms with Crippen LogP contribution in [0.5, 0.6) is 0 Å². The number of carbonyl (C=O) groups is 1. The molecule has 2 rings (SSSR count). The van der Waals surface area contributed by atoms with E-state index in [9.17, 15) is 4.79 Å². The van der Waals surface area contributed by atoms with Gasteiger partial charge in [-0.05, 0) is 0 Å². The summed E-state index contributed by atoms with van der Waals surface area (Å²) in [5, 5.41) is 4.02. The van der Waals surface area contributed by atoms with E-state index in [0.29, 0.717) is 12.5 Å². The average molecular weight is 167 g/mol. The van der Waals surface area contributed by atoms with Crippen molar-refractivity contribution in [3.05, 3.63) is 11.9 Å². The van der Waals surface area contributed by atoms with Gasteiger partial charge in [-0.25, -0.2) is 20.6 Å². The smallest absolute Gasteiger partial charge is 0.344 e. The highest BCUT2D eigenvalue weighted by Gasteiger charge is 2.29. The molecule has 0 bridgehead atoms. The van der Waals surface area contributed by atoms with Crippen LogP contribution in [0.25, 0.3) is 0 Å². The van der Waals surface area contributed by atoms with Crippen molar-refractivity contribution in [3.63, 3.8) is 0 Å². The number of amides is 2. The van der Waals surface area contributed by atoms with Gasteiger partial charge in [0.2, 0.25) is 0 Å². The predicted octanol–water partition coefficient (Wildman–Crippen LogP) is -0.972. The number of urea groups is 1. The van der Waals surface area contributed by atoms with Crippen LogP contribution >= 0.6 is 0 Å². The van der Waals surface area contributed by atoms with Crippen molar-refractivity contribution < 1.29 is 4.79 Å². The number of carbonyl (C=O) groups excluding carboxylic acids is 1. The molecule has 2 aliphatic heterocycles. The van der Waals surface area contributed by atoms with E-state index in [1.165, 1.54) is 4.90 Å². The molecule has 2 aliphatic rings. The highest BCUT2D eigenvalue weighted by Crippen LogP contribution is 2.12. The maximum absolute atomic E-state index is 11.2. The van der Waals surface area contributed by atoms with Gasteiger partial charge in [-0.1, -0.05) is 0 Å². The fourth-order valence-corrected chi connectivity index (χ4v) is 1.18. The van der Waals surface area contributed by atoms with E-state index >= 15 is 0 Å². The number of nitrogens with one attached hydrogen (secondary N) is 1. The first kappa shape index (κ1) is 7.11. The monoisotopic (exact) mass is 167 g/mol. The van der Waals surface area contributed by atoms with Gasteiger partial charge in [0.1, 0.15) is 6.67 Å². The Hall–Kier alpha value is -1.56. The van der Waals surface area contributed by atoms with Crippen molar-refractivity contribution in [1.82, 2.24) is 15.2 Å². The highest BCUT2D eigenvalue weighted by molar-refractivity contribution is 6.09. The third-order valence-electron chi connectivity index (χ3n) is 1.80. The fraction of sp³-hybridized carbons (Fsp3) is 0.333. The van der Waals surface area contributed by atoms with Gasteiger partial charge >= 0.3 is 6.03 Å². The third-order valence-corrected chi connectivity index (χ3v) is 1.80. The van der Waals surface area contributed by atoms with Crippen molar-refractivity contribution >= 4 is 11.9 Å². The summed E-state index contributed by atoms with van der Waals surface area (Å²) in [6.45, 7) is 0.482. The quantitative estimate of drug-likeness (QED) is 0.360. The molecule has 2 amide bonds. The zero-order valence-electron chi connectivity index (χ0n) is 6.61. The SMILES string of the molecule is CN1C=C2NCN=C2N(N)C1=O. The van der Waals surface area contributed by atoms with E-state index in [4.69, 9.17) is 5.84 Å². The van der Waals surface area contributed by atoms with Crippen LogP contribution in [0, 0.1) is 0 Å². The fourth-order valence-electron chi connectivity index (χ4n) is 1.18. The van der Waals surface area contributed by atoms with Gasteiger partial charge in [0.15, 0.2) is 5.84 Å². The average Bonchev–Trinajstić information content (AvgIpc) is 2.48. The maximum atomic E-state index is 11.2. The molecule has 12 heavy (non-hydrogen) atoms. The molecule has 0 aromatic carbocycles. The number of fused-ring (bicyclic) bond motifs is 1.